The lowest BCUT2D eigenvalue weighted by Gasteiger charge is -2.12. The fourth-order valence-corrected chi connectivity index (χ4v) is 4.13. The third kappa shape index (κ3) is 5.52. The minimum atomic E-state index is -3.36. The number of sulfonamides is 1. The van der Waals surface area contributed by atoms with E-state index in [-0.39, 0.29) is 0 Å². The molecule has 1 aromatic rings. The zero-order chi connectivity index (χ0) is 15.2. The first-order valence-electron chi connectivity index (χ1n) is 7.19. The topological polar surface area (TPSA) is 58.2 Å². The molecule has 0 aliphatic carbocycles. The van der Waals surface area contributed by atoms with Gasteiger partial charge in [-0.05, 0) is 12.0 Å². The Morgan fingerprint density at radius 3 is 2.45 bits per heavy atom. The molecule has 2 N–H and O–H groups in total. The van der Waals surface area contributed by atoms with E-state index in [9.17, 15) is 8.42 Å². The van der Waals surface area contributed by atoms with E-state index >= 15 is 0 Å². The second kappa shape index (κ2) is 8.12. The normalized spacial score (nSPS) is 12.5. The molecule has 0 aliphatic rings. The van der Waals surface area contributed by atoms with E-state index in [1.54, 1.807) is 11.4 Å². The molecular weight excluding hydrogens is 292 g/mol. The lowest BCUT2D eigenvalue weighted by atomic mass is 10.0. The molecule has 116 valence electrons. The second-order valence-electron chi connectivity index (χ2n) is 5.32. The molecule has 20 heavy (non-hydrogen) atoms. The Balaban J connectivity index is 2.63. The van der Waals surface area contributed by atoms with Gasteiger partial charge in [0, 0.05) is 29.4 Å². The van der Waals surface area contributed by atoms with Crippen molar-refractivity contribution in [2.75, 3.05) is 6.54 Å². The van der Waals surface area contributed by atoms with Gasteiger partial charge in [-0.15, -0.1) is 11.3 Å². The Morgan fingerprint density at radius 2 is 1.90 bits per heavy atom. The van der Waals surface area contributed by atoms with Crippen molar-refractivity contribution in [1.29, 1.82) is 0 Å². The standard InChI is InChI=1S/C14H26N2O2S2/c1-5-12(6-2)8-16-20(17,18)14-7-13(19-10-14)9-15-11(3)4/h7,10-12,15-16H,5-6,8-9H2,1-4H3. The lowest BCUT2D eigenvalue weighted by molar-refractivity contribution is 0.479. The Bertz CT molecular complexity index is 491. The molecule has 0 unspecified atom stereocenters. The molecule has 0 amide bonds. The molecule has 0 saturated heterocycles. The van der Waals surface area contributed by atoms with Crippen molar-refractivity contribution in [2.24, 2.45) is 5.92 Å². The molecule has 0 radical (unpaired) electrons. The highest BCUT2D eigenvalue weighted by molar-refractivity contribution is 7.89. The zero-order valence-corrected chi connectivity index (χ0v) is 14.4. The van der Waals surface area contributed by atoms with Crippen molar-refractivity contribution in [3.63, 3.8) is 0 Å². The molecule has 4 nitrogen and oxygen atoms in total. The van der Waals surface area contributed by atoms with Gasteiger partial charge >= 0.3 is 0 Å². The van der Waals surface area contributed by atoms with Crippen LogP contribution in [-0.2, 0) is 16.6 Å². The Labute approximate surface area is 127 Å². The molecule has 1 aromatic heterocycles. The van der Waals surface area contributed by atoms with Gasteiger partial charge in [0.05, 0.1) is 4.90 Å². The van der Waals surface area contributed by atoms with E-state index < -0.39 is 10.0 Å². The Hall–Kier alpha value is -0.430. The predicted molar refractivity (Wildman–Crippen MR) is 85.6 cm³/mol. The van der Waals surface area contributed by atoms with Crippen molar-refractivity contribution in [2.45, 2.75) is 58.0 Å². The minimum Gasteiger partial charge on any atom is -0.310 e. The van der Waals surface area contributed by atoms with E-state index in [2.05, 4.69) is 37.7 Å². The first kappa shape index (κ1) is 17.6. The first-order valence-corrected chi connectivity index (χ1v) is 9.55. The quantitative estimate of drug-likeness (QED) is 0.736. The molecule has 1 rings (SSSR count). The summed E-state index contributed by atoms with van der Waals surface area (Å²) in [7, 11) is -3.36. The van der Waals surface area contributed by atoms with Crippen LogP contribution in [0.1, 0.15) is 45.4 Å². The van der Waals surface area contributed by atoms with Crippen LogP contribution in [0.4, 0.5) is 0 Å². The van der Waals surface area contributed by atoms with Gasteiger partial charge in [-0.1, -0.05) is 40.5 Å². The first-order chi connectivity index (χ1) is 9.39. The molecule has 0 bridgehead atoms. The van der Waals surface area contributed by atoms with Crippen LogP contribution in [0, 0.1) is 5.92 Å². The molecule has 6 heteroatoms. The number of thiophene rings is 1. The smallest absolute Gasteiger partial charge is 0.241 e. The lowest BCUT2D eigenvalue weighted by Crippen LogP contribution is -2.28. The summed E-state index contributed by atoms with van der Waals surface area (Å²) in [6.07, 6.45) is 1.98. The summed E-state index contributed by atoms with van der Waals surface area (Å²) in [5, 5.41) is 5.01. The number of nitrogens with one attached hydrogen (secondary N) is 2. The van der Waals surface area contributed by atoms with E-state index in [0.717, 1.165) is 17.7 Å². The molecule has 0 aliphatic heterocycles. The van der Waals surface area contributed by atoms with E-state index in [1.165, 1.54) is 11.3 Å². The Kier molecular flexibility index (Phi) is 7.15. The summed E-state index contributed by atoms with van der Waals surface area (Å²) in [5.41, 5.74) is 0. The van der Waals surface area contributed by atoms with Gasteiger partial charge < -0.3 is 5.32 Å². The van der Waals surface area contributed by atoms with Crippen LogP contribution >= 0.6 is 11.3 Å². The van der Waals surface area contributed by atoms with Gasteiger partial charge in [-0.2, -0.15) is 0 Å². The highest BCUT2D eigenvalue weighted by atomic mass is 32.2. The summed E-state index contributed by atoms with van der Waals surface area (Å²) in [5.74, 6) is 0.408. The predicted octanol–water partition coefficient (Wildman–Crippen LogP) is 2.96. The Morgan fingerprint density at radius 1 is 1.25 bits per heavy atom. The van der Waals surface area contributed by atoms with Crippen molar-refractivity contribution >= 4 is 21.4 Å². The largest absolute Gasteiger partial charge is 0.310 e. The third-order valence-electron chi connectivity index (χ3n) is 3.34. The van der Waals surface area contributed by atoms with Crippen molar-refractivity contribution in [3.05, 3.63) is 16.3 Å². The second-order valence-corrected chi connectivity index (χ2v) is 8.08. The molecule has 0 spiro atoms. The zero-order valence-electron chi connectivity index (χ0n) is 12.8. The monoisotopic (exact) mass is 318 g/mol. The van der Waals surface area contributed by atoms with E-state index in [0.29, 0.717) is 29.9 Å². The highest BCUT2D eigenvalue weighted by Gasteiger charge is 2.17. The van der Waals surface area contributed by atoms with Crippen LogP contribution in [0.3, 0.4) is 0 Å². The van der Waals surface area contributed by atoms with Crippen molar-refractivity contribution in [3.8, 4) is 0 Å². The summed E-state index contributed by atoms with van der Waals surface area (Å²) in [4.78, 5) is 1.43. The molecule has 0 saturated carbocycles. The fraction of sp³-hybridized carbons (Fsp3) is 0.714. The van der Waals surface area contributed by atoms with Gasteiger partial charge in [-0.3, -0.25) is 0 Å². The summed E-state index contributed by atoms with van der Waals surface area (Å²) >= 11 is 1.48. The van der Waals surface area contributed by atoms with Crippen LogP contribution < -0.4 is 10.0 Å². The third-order valence-corrected chi connectivity index (χ3v) is 5.83. The van der Waals surface area contributed by atoms with Crippen LogP contribution in [-0.4, -0.2) is 21.0 Å². The van der Waals surface area contributed by atoms with Crippen LogP contribution in [0.2, 0.25) is 0 Å². The fourth-order valence-electron chi connectivity index (χ4n) is 1.79. The number of rotatable bonds is 9. The molecule has 1 heterocycles. The van der Waals surface area contributed by atoms with Crippen LogP contribution in [0.15, 0.2) is 16.3 Å². The maximum Gasteiger partial charge on any atom is 0.241 e. The molecule has 0 atom stereocenters. The van der Waals surface area contributed by atoms with Crippen molar-refractivity contribution in [1.82, 2.24) is 10.0 Å². The van der Waals surface area contributed by atoms with Crippen molar-refractivity contribution < 1.29 is 8.42 Å². The average molecular weight is 319 g/mol. The molecule has 0 fully saturated rings. The summed E-state index contributed by atoms with van der Waals surface area (Å²) in [6.45, 7) is 9.55. The van der Waals surface area contributed by atoms with Gasteiger partial charge in [0.15, 0.2) is 0 Å². The molecular formula is C14H26N2O2S2. The molecule has 0 aromatic carbocycles. The van der Waals surface area contributed by atoms with E-state index in [1.807, 2.05) is 0 Å². The van der Waals surface area contributed by atoms with Gasteiger partial charge in [0.1, 0.15) is 0 Å². The van der Waals surface area contributed by atoms with Crippen LogP contribution in [0.5, 0.6) is 0 Å². The van der Waals surface area contributed by atoms with Gasteiger partial charge in [0.25, 0.3) is 0 Å². The van der Waals surface area contributed by atoms with Gasteiger partial charge in [0.2, 0.25) is 10.0 Å². The highest BCUT2D eigenvalue weighted by Crippen LogP contribution is 2.19. The minimum absolute atomic E-state index is 0.383. The van der Waals surface area contributed by atoms with Gasteiger partial charge in [-0.25, -0.2) is 13.1 Å². The van der Waals surface area contributed by atoms with Crippen LogP contribution in [0.25, 0.3) is 0 Å². The summed E-state index contributed by atoms with van der Waals surface area (Å²) < 4.78 is 27.1. The average Bonchev–Trinajstić information content (AvgIpc) is 2.87. The number of hydrogen-bond donors (Lipinski definition) is 2. The SMILES string of the molecule is CCC(CC)CNS(=O)(=O)c1csc(CNC(C)C)c1. The maximum absolute atomic E-state index is 12.2. The summed E-state index contributed by atoms with van der Waals surface area (Å²) in [6, 6.07) is 2.15. The maximum atomic E-state index is 12.2. The number of hydrogen-bond acceptors (Lipinski definition) is 4. The van der Waals surface area contributed by atoms with E-state index in [4.69, 9.17) is 0 Å².